The second kappa shape index (κ2) is 8.48. The third-order valence-corrected chi connectivity index (χ3v) is 4.85. The van der Waals surface area contributed by atoms with Crippen LogP contribution in [0.3, 0.4) is 0 Å². The van der Waals surface area contributed by atoms with Gasteiger partial charge in [0.1, 0.15) is 11.5 Å². The molecule has 0 aromatic heterocycles. The topological polar surface area (TPSA) is 51.5 Å². The van der Waals surface area contributed by atoms with Gasteiger partial charge in [-0.2, -0.15) is 18.4 Å². The minimum Gasteiger partial charge on any atom is -0.457 e. The maximum Gasteiger partial charge on any atom is 0.461 e. The van der Waals surface area contributed by atoms with Gasteiger partial charge >= 0.3 is 13.3 Å². The molecule has 154 valence electrons. The Hall–Kier alpha value is -2.50. The van der Waals surface area contributed by atoms with Gasteiger partial charge in [-0.3, -0.25) is 0 Å². The van der Waals surface area contributed by atoms with Gasteiger partial charge in [0.05, 0.1) is 28.4 Å². The van der Waals surface area contributed by atoms with Crippen molar-refractivity contribution in [3.8, 4) is 11.8 Å². The van der Waals surface area contributed by atoms with Crippen LogP contribution >= 0.6 is 0 Å². The molecule has 0 spiro atoms. The average molecular weight is 405 g/mol. The van der Waals surface area contributed by atoms with Crippen LogP contribution in [0.15, 0.2) is 54.8 Å². The van der Waals surface area contributed by atoms with E-state index in [4.69, 9.17) is 19.3 Å². The van der Waals surface area contributed by atoms with Crippen molar-refractivity contribution in [3.63, 3.8) is 0 Å². The maximum atomic E-state index is 12.9. The van der Waals surface area contributed by atoms with Gasteiger partial charge < -0.3 is 14.0 Å². The van der Waals surface area contributed by atoms with Crippen molar-refractivity contribution >= 4 is 7.12 Å². The summed E-state index contributed by atoms with van der Waals surface area (Å²) in [5.74, 6) is 0.461. The van der Waals surface area contributed by atoms with Crippen molar-refractivity contribution in [2.45, 2.75) is 51.4 Å². The third-order valence-electron chi connectivity index (χ3n) is 4.85. The number of benzene rings is 1. The van der Waals surface area contributed by atoms with Crippen molar-refractivity contribution in [1.29, 1.82) is 5.26 Å². The average Bonchev–Trinajstić information content (AvgIpc) is 2.80. The molecule has 1 aliphatic rings. The molecule has 0 saturated carbocycles. The zero-order chi connectivity index (χ0) is 21.9. The summed E-state index contributed by atoms with van der Waals surface area (Å²) in [7, 11) is -0.419. The van der Waals surface area contributed by atoms with Crippen LogP contribution in [0.1, 0.15) is 38.8 Å². The first-order valence-electron chi connectivity index (χ1n) is 9.04. The smallest absolute Gasteiger partial charge is 0.457 e. The van der Waals surface area contributed by atoms with E-state index in [0.717, 1.165) is 12.1 Å². The highest BCUT2D eigenvalue weighted by Gasteiger charge is 2.50. The SMILES string of the molecule is C=C/C=C(\C=C/CB1OC(C)(C)C(C)(C)O1)Oc1ccc(C(F)(F)F)c(C#N)c1. The van der Waals surface area contributed by atoms with Gasteiger partial charge in [-0.05, 0) is 58.0 Å². The van der Waals surface area contributed by atoms with Crippen molar-refractivity contribution in [2.75, 3.05) is 0 Å². The Kier molecular flexibility index (Phi) is 6.66. The molecule has 0 radical (unpaired) electrons. The normalized spacial score (nSPS) is 18.7. The predicted octanol–water partition coefficient (Wildman–Crippen LogP) is 5.67. The highest BCUT2D eigenvalue weighted by molar-refractivity contribution is 6.46. The molecule has 0 amide bonds. The first kappa shape index (κ1) is 22.8. The van der Waals surface area contributed by atoms with E-state index in [2.05, 4.69) is 6.58 Å². The predicted molar refractivity (Wildman–Crippen MR) is 105 cm³/mol. The molecule has 1 fully saturated rings. The molecule has 29 heavy (non-hydrogen) atoms. The molecule has 2 rings (SSSR count). The van der Waals surface area contributed by atoms with Crippen LogP contribution in [0.25, 0.3) is 0 Å². The lowest BCUT2D eigenvalue weighted by molar-refractivity contribution is -0.137. The number of rotatable bonds is 6. The third kappa shape index (κ3) is 5.52. The van der Waals surface area contributed by atoms with Crippen molar-refractivity contribution in [3.05, 3.63) is 66.0 Å². The molecule has 1 aromatic rings. The van der Waals surface area contributed by atoms with E-state index < -0.39 is 35.6 Å². The summed E-state index contributed by atoms with van der Waals surface area (Å²) in [4.78, 5) is 0. The van der Waals surface area contributed by atoms with E-state index >= 15 is 0 Å². The second-order valence-electron chi connectivity index (χ2n) is 7.55. The minimum absolute atomic E-state index is 0.114. The summed E-state index contributed by atoms with van der Waals surface area (Å²) in [5, 5.41) is 9.01. The van der Waals surface area contributed by atoms with Gasteiger partial charge in [0.25, 0.3) is 0 Å². The van der Waals surface area contributed by atoms with Crippen LogP contribution in [0, 0.1) is 11.3 Å². The van der Waals surface area contributed by atoms with E-state index in [1.54, 1.807) is 24.3 Å². The fraction of sp³-hybridized carbons (Fsp3) is 0.381. The molecule has 4 nitrogen and oxygen atoms in total. The number of hydrogen-bond donors (Lipinski definition) is 0. The number of hydrogen-bond acceptors (Lipinski definition) is 4. The maximum absolute atomic E-state index is 12.9. The molecule has 1 saturated heterocycles. The first-order chi connectivity index (χ1) is 13.4. The van der Waals surface area contributed by atoms with E-state index in [1.165, 1.54) is 12.1 Å². The van der Waals surface area contributed by atoms with Crippen molar-refractivity contribution < 1.29 is 27.2 Å². The van der Waals surface area contributed by atoms with Crippen molar-refractivity contribution in [1.82, 2.24) is 0 Å². The van der Waals surface area contributed by atoms with Crippen LogP contribution in [0.2, 0.25) is 6.32 Å². The summed E-state index contributed by atoms with van der Waals surface area (Å²) < 4.78 is 56.2. The molecular weight excluding hydrogens is 382 g/mol. The standard InChI is InChI=1S/C21H23BF3NO3/c1-6-8-16(9-7-12-22-28-19(2,3)20(4,5)29-22)27-17-10-11-18(21(23,24)25)15(13-17)14-26/h6-11,13H,1,12H2,2-5H3/b9-7-,16-8+. The molecule has 0 N–H and O–H groups in total. The highest BCUT2D eigenvalue weighted by Crippen LogP contribution is 2.38. The summed E-state index contributed by atoms with van der Waals surface area (Å²) in [5.41, 5.74) is -2.38. The Labute approximate surface area is 169 Å². The van der Waals surface area contributed by atoms with Crippen LogP contribution in [-0.4, -0.2) is 18.3 Å². The molecule has 0 aliphatic carbocycles. The van der Waals surface area contributed by atoms with Gasteiger partial charge in [0.2, 0.25) is 0 Å². The van der Waals surface area contributed by atoms with Gasteiger partial charge in [0.15, 0.2) is 0 Å². The Balaban J connectivity index is 2.10. The molecule has 1 heterocycles. The van der Waals surface area contributed by atoms with E-state index in [9.17, 15) is 13.2 Å². The van der Waals surface area contributed by atoms with Gasteiger partial charge in [0, 0.05) is 6.32 Å². The zero-order valence-electron chi connectivity index (χ0n) is 16.8. The summed E-state index contributed by atoms with van der Waals surface area (Å²) in [6, 6.07) is 4.61. The Morgan fingerprint density at radius 2 is 1.86 bits per heavy atom. The van der Waals surface area contributed by atoms with Crippen LogP contribution in [0.4, 0.5) is 13.2 Å². The molecule has 1 aliphatic heterocycles. The molecule has 0 unspecified atom stereocenters. The van der Waals surface area contributed by atoms with Gasteiger partial charge in [-0.15, -0.1) is 0 Å². The number of alkyl halides is 3. The number of nitriles is 1. The van der Waals surface area contributed by atoms with Crippen LogP contribution < -0.4 is 4.74 Å². The first-order valence-corrected chi connectivity index (χ1v) is 9.04. The van der Waals surface area contributed by atoms with E-state index in [0.29, 0.717) is 12.1 Å². The van der Waals surface area contributed by atoms with Crippen LogP contribution in [0.5, 0.6) is 5.75 Å². The van der Waals surface area contributed by atoms with Crippen molar-refractivity contribution in [2.24, 2.45) is 0 Å². The quantitative estimate of drug-likeness (QED) is 0.348. The number of halogens is 3. The lowest BCUT2D eigenvalue weighted by Crippen LogP contribution is -2.41. The fourth-order valence-corrected chi connectivity index (χ4v) is 2.66. The molecule has 1 aromatic carbocycles. The Bertz CT molecular complexity index is 851. The molecule has 8 heteroatoms. The van der Waals surface area contributed by atoms with Gasteiger partial charge in [-0.1, -0.05) is 18.7 Å². The van der Waals surface area contributed by atoms with E-state index in [1.807, 2.05) is 27.7 Å². The number of ether oxygens (including phenoxy) is 1. The molecular formula is C21H23BF3NO3. The summed E-state index contributed by atoms with van der Waals surface area (Å²) >= 11 is 0. The van der Waals surface area contributed by atoms with E-state index in [-0.39, 0.29) is 5.75 Å². The molecule has 0 bridgehead atoms. The largest absolute Gasteiger partial charge is 0.461 e. The van der Waals surface area contributed by atoms with Gasteiger partial charge in [-0.25, -0.2) is 0 Å². The number of nitrogens with zero attached hydrogens (tertiary/aromatic N) is 1. The Morgan fingerprint density at radius 3 is 2.38 bits per heavy atom. The van der Waals surface area contributed by atoms with Crippen LogP contribution in [-0.2, 0) is 15.5 Å². The fourth-order valence-electron chi connectivity index (χ4n) is 2.66. The second-order valence-corrected chi connectivity index (χ2v) is 7.55. The number of allylic oxidation sites excluding steroid dienone is 4. The summed E-state index contributed by atoms with van der Waals surface area (Å²) in [6.07, 6.45) is 2.34. The Morgan fingerprint density at radius 1 is 1.24 bits per heavy atom. The minimum atomic E-state index is -4.61. The lowest BCUT2D eigenvalue weighted by Gasteiger charge is -2.32. The molecule has 0 atom stereocenters. The highest BCUT2D eigenvalue weighted by atomic mass is 19.4. The zero-order valence-corrected chi connectivity index (χ0v) is 16.8. The summed E-state index contributed by atoms with van der Waals surface area (Å²) in [6.45, 7) is 11.4. The monoisotopic (exact) mass is 405 g/mol. The lowest BCUT2D eigenvalue weighted by atomic mass is 9.85.